The van der Waals surface area contributed by atoms with Gasteiger partial charge < -0.3 is 15.3 Å². The molecule has 2 N–H and O–H groups in total. The van der Waals surface area contributed by atoms with Crippen molar-refractivity contribution in [3.8, 4) is 0 Å². The van der Waals surface area contributed by atoms with Crippen LogP contribution < -0.4 is 5.32 Å². The number of likely N-dealkylation sites (tertiary alicyclic amines) is 1. The lowest BCUT2D eigenvalue weighted by Gasteiger charge is -2.36. The highest BCUT2D eigenvalue weighted by molar-refractivity contribution is 5.80. The molecular formula is C17H31N3O. The van der Waals surface area contributed by atoms with Gasteiger partial charge >= 0.3 is 0 Å². The summed E-state index contributed by atoms with van der Waals surface area (Å²) in [5.74, 6) is 1.03. The Morgan fingerprint density at radius 1 is 1.10 bits per heavy atom. The second-order valence-electron chi connectivity index (χ2n) is 7.48. The molecule has 0 aromatic carbocycles. The maximum atomic E-state index is 10.3. The molecule has 1 spiro atoms. The molecule has 21 heavy (non-hydrogen) atoms. The van der Waals surface area contributed by atoms with Crippen molar-refractivity contribution in [1.29, 1.82) is 0 Å². The molecule has 2 aliphatic carbocycles. The Morgan fingerprint density at radius 2 is 1.86 bits per heavy atom. The van der Waals surface area contributed by atoms with E-state index in [4.69, 9.17) is 4.99 Å². The smallest absolute Gasteiger partial charge is 0.194 e. The van der Waals surface area contributed by atoms with Crippen LogP contribution in [-0.4, -0.2) is 47.7 Å². The van der Waals surface area contributed by atoms with Gasteiger partial charge in [0.2, 0.25) is 0 Å². The highest BCUT2D eigenvalue weighted by Crippen LogP contribution is 2.43. The predicted molar refractivity (Wildman–Crippen MR) is 86.5 cm³/mol. The molecule has 0 unspecified atom stereocenters. The number of hydrogen-bond acceptors (Lipinski definition) is 2. The zero-order chi connectivity index (χ0) is 14.8. The topological polar surface area (TPSA) is 47.9 Å². The summed E-state index contributed by atoms with van der Waals surface area (Å²) >= 11 is 0. The Balaban J connectivity index is 1.62. The van der Waals surface area contributed by atoms with E-state index in [0.29, 0.717) is 12.0 Å². The third kappa shape index (κ3) is 3.36. The Hall–Kier alpha value is -0.770. The van der Waals surface area contributed by atoms with Crippen molar-refractivity contribution in [3.05, 3.63) is 0 Å². The Labute approximate surface area is 129 Å². The second-order valence-corrected chi connectivity index (χ2v) is 7.48. The molecule has 1 saturated heterocycles. The van der Waals surface area contributed by atoms with Crippen molar-refractivity contribution in [3.63, 3.8) is 0 Å². The minimum atomic E-state index is -0.511. The van der Waals surface area contributed by atoms with E-state index in [2.05, 4.69) is 17.1 Å². The zero-order valence-corrected chi connectivity index (χ0v) is 13.5. The van der Waals surface area contributed by atoms with Gasteiger partial charge in [-0.2, -0.15) is 0 Å². The fourth-order valence-electron chi connectivity index (χ4n) is 4.22. The maximum Gasteiger partial charge on any atom is 0.194 e. The van der Waals surface area contributed by atoms with Crippen LogP contribution in [0.5, 0.6) is 0 Å². The molecule has 1 aliphatic heterocycles. The highest BCUT2D eigenvalue weighted by atomic mass is 16.3. The minimum absolute atomic E-state index is 0.511. The fourth-order valence-corrected chi connectivity index (χ4v) is 4.22. The number of nitrogens with zero attached hydrogens (tertiary/aromatic N) is 2. The van der Waals surface area contributed by atoms with Gasteiger partial charge in [-0.05, 0) is 50.9 Å². The van der Waals surface area contributed by atoms with Crippen LogP contribution in [0.3, 0.4) is 0 Å². The molecule has 0 radical (unpaired) electrons. The van der Waals surface area contributed by atoms with Crippen LogP contribution in [-0.2, 0) is 0 Å². The van der Waals surface area contributed by atoms with Crippen molar-refractivity contribution < 1.29 is 5.11 Å². The van der Waals surface area contributed by atoms with Gasteiger partial charge in [-0.15, -0.1) is 0 Å². The van der Waals surface area contributed by atoms with E-state index in [1.165, 1.54) is 38.5 Å². The summed E-state index contributed by atoms with van der Waals surface area (Å²) in [6.07, 6.45) is 11.3. The molecule has 1 heterocycles. The number of rotatable bonds is 3. The molecule has 4 heteroatoms. The molecule has 0 aromatic heterocycles. The van der Waals surface area contributed by atoms with Gasteiger partial charge in [-0.1, -0.05) is 19.3 Å². The zero-order valence-electron chi connectivity index (χ0n) is 13.5. The number of aliphatic imine (C=N–C) groups is 1. The third-order valence-corrected chi connectivity index (χ3v) is 5.79. The van der Waals surface area contributed by atoms with E-state index in [9.17, 15) is 5.11 Å². The van der Waals surface area contributed by atoms with Crippen molar-refractivity contribution in [2.75, 3.05) is 26.2 Å². The van der Waals surface area contributed by atoms with Crippen LogP contribution in [0, 0.1) is 5.41 Å². The number of aliphatic hydroxyl groups is 1. The lowest BCUT2D eigenvalue weighted by molar-refractivity contribution is -0.0237. The molecule has 2 saturated carbocycles. The van der Waals surface area contributed by atoms with Crippen molar-refractivity contribution in [1.82, 2.24) is 10.2 Å². The molecule has 0 atom stereocenters. The first-order chi connectivity index (χ1) is 10.1. The van der Waals surface area contributed by atoms with Gasteiger partial charge in [0.25, 0.3) is 0 Å². The van der Waals surface area contributed by atoms with Crippen LogP contribution in [0.25, 0.3) is 0 Å². The SMILES string of the molecule is CCNC(=NCC1(O)CCC1)N1CCC2(CCCCC2)C1. The quantitative estimate of drug-likeness (QED) is 0.621. The highest BCUT2D eigenvalue weighted by Gasteiger charge is 2.40. The minimum Gasteiger partial charge on any atom is -0.388 e. The number of hydrogen-bond donors (Lipinski definition) is 2. The van der Waals surface area contributed by atoms with Gasteiger partial charge in [-0.3, -0.25) is 4.99 Å². The Bertz CT molecular complexity index is 383. The Kier molecular flexibility index (Phi) is 4.43. The molecule has 0 amide bonds. The van der Waals surface area contributed by atoms with Crippen LogP contribution in [0.1, 0.15) is 64.7 Å². The standard InChI is InChI=1S/C17H31N3O/c1-2-18-15(19-13-17(21)9-6-10-17)20-12-11-16(14-20)7-4-3-5-8-16/h21H,2-14H2,1H3,(H,18,19). The summed E-state index contributed by atoms with van der Waals surface area (Å²) in [6, 6.07) is 0. The lowest BCUT2D eigenvalue weighted by Crippen LogP contribution is -2.45. The molecule has 3 fully saturated rings. The van der Waals surface area contributed by atoms with Gasteiger partial charge in [0, 0.05) is 19.6 Å². The largest absolute Gasteiger partial charge is 0.388 e. The van der Waals surface area contributed by atoms with Crippen molar-refractivity contribution in [2.45, 2.75) is 70.3 Å². The van der Waals surface area contributed by atoms with Crippen LogP contribution in [0.2, 0.25) is 0 Å². The summed E-state index contributed by atoms with van der Waals surface area (Å²) in [5.41, 5.74) is 0.0464. The van der Waals surface area contributed by atoms with Gasteiger partial charge in [-0.25, -0.2) is 0 Å². The fraction of sp³-hybridized carbons (Fsp3) is 0.941. The summed E-state index contributed by atoms with van der Waals surface area (Å²) in [6.45, 7) is 5.89. The van der Waals surface area contributed by atoms with E-state index in [0.717, 1.165) is 44.9 Å². The molecule has 120 valence electrons. The number of nitrogens with one attached hydrogen (secondary N) is 1. The molecule has 3 aliphatic rings. The number of guanidine groups is 1. The van der Waals surface area contributed by atoms with Crippen molar-refractivity contribution >= 4 is 5.96 Å². The van der Waals surface area contributed by atoms with Crippen LogP contribution >= 0.6 is 0 Å². The first-order valence-electron chi connectivity index (χ1n) is 8.91. The summed E-state index contributed by atoms with van der Waals surface area (Å²) in [5, 5.41) is 13.7. The summed E-state index contributed by atoms with van der Waals surface area (Å²) in [7, 11) is 0. The van der Waals surface area contributed by atoms with Crippen LogP contribution in [0.15, 0.2) is 4.99 Å². The van der Waals surface area contributed by atoms with Crippen molar-refractivity contribution in [2.24, 2.45) is 10.4 Å². The molecule has 4 nitrogen and oxygen atoms in total. The van der Waals surface area contributed by atoms with E-state index in [1.54, 1.807) is 0 Å². The first-order valence-corrected chi connectivity index (χ1v) is 8.91. The Morgan fingerprint density at radius 3 is 2.48 bits per heavy atom. The predicted octanol–water partition coefficient (Wildman–Crippen LogP) is 2.52. The van der Waals surface area contributed by atoms with Crippen LogP contribution in [0.4, 0.5) is 0 Å². The molecular weight excluding hydrogens is 262 g/mol. The van der Waals surface area contributed by atoms with E-state index in [-0.39, 0.29) is 0 Å². The first kappa shape index (κ1) is 15.1. The summed E-state index contributed by atoms with van der Waals surface area (Å²) < 4.78 is 0. The molecule has 3 rings (SSSR count). The summed E-state index contributed by atoms with van der Waals surface area (Å²) in [4.78, 5) is 7.19. The van der Waals surface area contributed by atoms with E-state index < -0.39 is 5.60 Å². The van der Waals surface area contributed by atoms with Gasteiger partial charge in [0.05, 0.1) is 12.1 Å². The molecule has 0 bridgehead atoms. The van der Waals surface area contributed by atoms with Gasteiger partial charge in [0.15, 0.2) is 5.96 Å². The average Bonchev–Trinajstić information content (AvgIpc) is 2.86. The monoisotopic (exact) mass is 293 g/mol. The molecule has 0 aromatic rings. The average molecular weight is 293 g/mol. The third-order valence-electron chi connectivity index (χ3n) is 5.79. The lowest BCUT2D eigenvalue weighted by atomic mass is 9.73. The second kappa shape index (κ2) is 6.15. The van der Waals surface area contributed by atoms with E-state index in [1.807, 2.05) is 0 Å². The normalized spacial score (nSPS) is 27.7. The van der Waals surface area contributed by atoms with E-state index >= 15 is 0 Å². The van der Waals surface area contributed by atoms with Gasteiger partial charge in [0.1, 0.15) is 0 Å². The maximum absolute atomic E-state index is 10.3.